The largest absolute Gasteiger partial charge is 0.380 e. The first-order valence-corrected chi connectivity index (χ1v) is 9.24. The molecular formula is C23H25N3O. The van der Waals surface area contributed by atoms with E-state index in [1.54, 1.807) is 17.2 Å². The summed E-state index contributed by atoms with van der Waals surface area (Å²) in [5, 5.41) is 3.34. The van der Waals surface area contributed by atoms with E-state index >= 15 is 0 Å². The first-order chi connectivity index (χ1) is 13.2. The predicted octanol–water partition coefficient (Wildman–Crippen LogP) is 4.66. The molecule has 0 aliphatic rings. The number of amides is 1. The standard InChI is InChI=1S/C23H25N3O/c1-3-26(17-20-7-5-4-6-8-20)23(27)22-14-13-21(16-25-22)24-15-19-11-9-18(2)10-12-19/h4-14,16,24H,3,15,17H2,1-2H3. The van der Waals surface area contributed by atoms with Crippen LogP contribution < -0.4 is 5.32 Å². The number of nitrogens with zero attached hydrogens (tertiary/aromatic N) is 2. The van der Waals surface area contributed by atoms with E-state index in [-0.39, 0.29) is 5.91 Å². The Kier molecular flexibility index (Phi) is 6.21. The van der Waals surface area contributed by atoms with Crippen molar-refractivity contribution in [1.82, 2.24) is 9.88 Å². The quantitative estimate of drug-likeness (QED) is 0.667. The van der Waals surface area contributed by atoms with Gasteiger partial charge in [-0.2, -0.15) is 0 Å². The van der Waals surface area contributed by atoms with Crippen LogP contribution in [0.3, 0.4) is 0 Å². The molecule has 0 spiro atoms. The Hall–Kier alpha value is -3.14. The van der Waals surface area contributed by atoms with E-state index < -0.39 is 0 Å². The molecule has 1 heterocycles. The van der Waals surface area contributed by atoms with Gasteiger partial charge in [0.2, 0.25) is 0 Å². The van der Waals surface area contributed by atoms with Crippen molar-refractivity contribution in [2.24, 2.45) is 0 Å². The number of carbonyl (C=O) groups excluding carboxylic acids is 1. The zero-order chi connectivity index (χ0) is 19.1. The Morgan fingerprint density at radius 2 is 1.70 bits per heavy atom. The number of hydrogen-bond donors (Lipinski definition) is 1. The number of pyridine rings is 1. The van der Waals surface area contributed by atoms with Crippen LogP contribution >= 0.6 is 0 Å². The minimum absolute atomic E-state index is 0.0496. The molecule has 0 atom stereocenters. The maximum absolute atomic E-state index is 12.7. The highest BCUT2D eigenvalue weighted by Gasteiger charge is 2.15. The summed E-state index contributed by atoms with van der Waals surface area (Å²) in [6.07, 6.45) is 1.72. The van der Waals surface area contributed by atoms with Gasteiger partial charge in [-0.05, 0) is 37.1 Å². The summed E-state index contributed by atoms with van der Waals surface area (Å²) in [5.74, 6) is -0.0496. The first-order valence-electron chi connectivity index (χ1n) is 9.24. The maximum Gasteiger partial charge on any atom is 0.272 e. The van der Waals surface area contributed by atoms with Crippen molar-refractivity contribution in [1.29, 1.82) is 0 Å². The van der Waals surface area contributed by atoms with Crippen LogP contribution in [-0.4, -0.2) is 22.3 Å². The van der Waals surface area contributed by atoms with E-state index in [4.69, 9.17) is 0 Å². The summed E-state index contributed by atoms with van der Waals surface area (Å²) in [6.45, 7) is 6.02. The van der Waals surface area contributed by atoms with Crippen molar-refractivity contribution in [3.8, 4) is 0 Å². The molecule has 2 aromatic carbocycles. The molecule has 0 aliphatic carbocycles. The number of aromatic nitrogens is 1. The third kappa shape index (κ3) is 5.17. The third-order valence-electron chi connectivity index (χ3n) is 4.49. The third-order valence-corrected chi connectivity index (χ3v) is 4.49. The second-order valence-corrected chi connectivity index (χ2v) is 6.58. The van der Waals surface area contributed by atoms with Crippen molar-refractivity contribution in [2.45, 2.75) is 26.9 Å². The predicted molar refractivity (Wildman–Crippen MR) is 110 cm³/mol. The average Bonchev–Trinajstić information content (AvgIpc) is 2.72. The molecule has 0 unspecified atom stereocenters. The van der Waals surface area contributed by atoms with Crippen LogP contribution in [0.5, 0.6) is 0 Å². The molecule has 3 aromatic rings. The van der Waals surface area contributed by atoms with Crippen molar-refractivity contribution in [2.75, 3.05) is 11.9 Å². The van der Waals surface area contributed by atoms with E-state index in [1.165, 1.54) is 11.1 Å². The zero-order valence-corrected chi connectivity index (χ0v) is 15.9. The Bertz CT molecular complexity index is 858. The van der Waals surface area contributed by atoms with Crippen LogP contribution in [0.25, 0.3) is 0 Å². The van der Waals surface area contributed by atoms with Crippen molar-refractivity contribution in [3.05, 3.63) is 95.3 Å². The second kappa shape index (κ2) is 8.99. The van der Waals surface area contributed by atoms with Crippen LogP contribution in [0, 0.1) is 6.92 Å². The van der Waals surface area contributed by atoms with Gasteiger partial charge >= 0.3 is 0 Å². The summed E-state index contributed by atoms with van der Waals surface area (Å²) in [7, 11) is 0. The molecule has 4 nitrogen and oxygen atoms in total. The SMILES string of the molecule is CCN(Cc1ccccc1)C(=O)c1ccc(NCc2ccc(C)cc2)cn1. The highest BCUT2D eigenvalue weighted by molar-refractivity contribution is 5.92. The summed E-state index contributed by atoms with van der Waals surface area (Å²) in [6, 6.07) is 22.1. The minimum Gasteiger partial charge on any atom is -0.380 e. The Labute approximate surface area is 160 Å². The van der Waals surface area contributed by atoms with Gasteiger partial charge in [-0.3, -0.25) is 4.79 Å². The lowest BCUT2D eigenvalue weighted by atomic mass is 10.1. The highest BCUT2D eigenvalue weighted by atomic mass is 16.2. The summed E-state index contributed by atoms with van der Waals surface area (Å²) in [4.78, 5) is 18.9. The fraction of sp³-hybridized carbons (Fsp3) is 0.217. The summed E-state index contributed by atoms with van der Waals surface area (Å²) < 4.78 is 0. The average molecular weight is 359 g/mol. The molecule has 0 radical (unpaired) electrons. The lowest BCUT2D eigenvalue weighted by molar-refractivity contribution is 0.0746. The van der Waals surface area contributed by atoms with E-state index in [2.05, 4.69) is 41.5 Å². The molecular weight excluding hydrogens is 334 g/mol. The smallest absolute Gasteiger partial charge is 0.272 e. The van der Waals surface area contributed by atoms with Crippen molar-refractivity contribution in [3.63, 3.8) is 0 Å². The Morgan fingerprint density at radius 1 is 0.963 bits per heavy atom. The van der Waals surface area contributed by atoms with E-state index in [9.17, 15) is 4.79 Å². The van der Waals surface area contributed by atoms with E-state index in [1.807, 2.05) is 43.3 Å². The molecule has 1 amide bonds. The molecule has 27 heavy (non-hydrogen) atoms. The normalized spacial score (nSPS) is 10.4. The molecule has 138 valence electrons. The molecule has 0 saturated heterocycles. The molecule has 1 N–H and O–H groups in total. The fourth-order valence-electron chi connectivity index (χ4n) is 2.83. The molecule has 3 rings (SSSR count). The number of carbonyl (C=O) groups is 1. The second-order valence-electron chi connectivity index (χ2n) is 6.58. The minimum atomic E-state index is -0.0496. The Morgan fingerprint density at radius 3 is 2.33 bits per heavy atom. The van der Waals surface area contributed by atoms with Gasteiger partial charge in [0, 0.05) is 19.6 Å². The van der Waals surface area contributed by atoms with Crippen molar-refractivity contribution >= 4 is 11.6 Å². The molecule has 0 fully saturated rings. The Balaban J connectivity index is 1.61. The number of aryl methyl sites for hydroxylation is 1. The molecule has 1 aromatic heterocycles. The monoisotopic (exact) mass is 359 g/mol. The lowest BCUT2D eigenvalue weighted by Crippen LogP contribution is -2.30. The number of nitrogens with one attached hydrogen (secondary N) is 1. The topological polar surface area (TPSA) is 45.2 Å². The molecule has 4 heteroatoms. The van der Waals surface area contributed by atoms with Gasteiger partial charge in [-0.25, -0.2) is 4.98 Å². The number of anilines is 1. The van der Waals surface area contributed by atoms with Crippen LogP contribution in [0.1, 0.15) is 34.1 Å². The lowest BCUT2D eigenvalue weighted by Gasteiger charge is -2.20. The van der Waals surface area contributed by atoms with Gasteiger partial charge in [0.1, 0.15) is 5.69 Å². The van der Waals surface area contributed by atoms with E-state index in [0.717, 1.165) is 17.8 Å². The van der Waals surface area contributed by atoms with Crippen LogP contribution in [0.4, 0.5) is 5.69 Å². The number of hydrogen-bond acceptors (Lipinski definition) is 3. The molecule has 0 aliphatic heterocycles. The first kappa shape index (κ1) is 18.6. The summed E-state index contributed by atoms with van der Waals surface area (Å²) in [5.41, 5.74) is 4.94. The highest BCUT2D eigenvalue weighted by Crippen LogP contribution is 2.13. The maximum atomic E-state index is 12.7. The molecule has 0 bridgehead atoms. The van der Waals surface area contributed by atoms with Gasteiger partial charge in [-0.1, -0.05) is 60.2 Å². The van der Waals surface area contributed by atoms with Crippen LogP contribution in [0.2, 0.25) is 0 Å². The number of benzene rings is 2. The van der Waals surface area contributed by atoms with Gasteiger partial charge in [-0.15, -0.1) is 0 Å². The summed E-state index contributed by atoms with van der Waals surface area (Å²) >= 11 is 0. The van der Waals surface area contributed by atoms with Gasteiger partial charge in [0.15, 0.2) is 0 Å². The number of rotatable bonds is 7. The zero-order valence-electron chi connectivity index (χ0n) is 15.9. The van der Waals surface area contributed by atoms with Crippen LogP contribution in [-0.2, 0) is 13.1 Å². The van der Waals surface area contributed by atoms with Crippen molar-refractivity contribution < 1.29 is 4.79 Å². The van der Waals surface area contributed by atoms with Gasteiger partial charge in [0.25, 0.3) is 5.91 Å². The van der Waals surface area contributed by atoms with Gasteiger partial charge in [0.05, 0.1) is 11.9 Å². The van der Waals surface area contributed by atoms with E-state index in [0.29, 0.717) is 18.8 Å². The molecule has 0 saturated carbocycles. The van der Waals surface area contributed by atoms with Crippen LogP contribution in [0.15, 0.2) is 72.9 Å². The fourth-order valence-corrected chi connectivity index (χ4v) is 2.83. The van der Waals surface area contributed by atoms with Gasteiger partial charge < -0.3 is 10.2 Å².